The van der Waals surface area contributed by atoms with Crippen LogP contribution in [0.5, 0.6) is 0 Å². The zero-order chi connectivity index (χ0) is 9.94. The standard InChI is InChI=1S/C5H8O2/c1-3-4-7-5(2)6/h3H,1,4H2,2H3/i1D2,3D,4D2. The van der Waals surface area contributed by atoms with Gasteiger partial charge >= 0.3 is 5.97 Å². The summed E-state index contributed by atoms with van der Waals surface area (Å²) in [6.45, 7) is -2.70. The van der Waals surface area contributed by atoms with Gasteiger partial charge in [0.25, 0.3) is 0 Å². The van der Waals surface area contributed by atoms with Crippen molar-refractivity contribution in [3.05, 3.63) is 12.6 Å². The number of hydrogen-bond acceptors (Lipinski definition) is 2. The number of rotatable bonds is 2. The number of carbonyl (C=O) groups is 1. The fourth-order valence-electron chi connectivity index (χ4n) is 0.0974. The van der Waals surface area contributed by atoms with Crippen LogP contribution in [0.25, 0.3) is 0 Å². The fourth-order valence-corrected chi connectivity index (χ4v) is 0.0974. The van der Waals surface area contributed by atoms with Gasteiger partial charge in [0, 0.05) is 6.92 Å². The number of hydrogen-bond donors (Lipinski definition) is 0. The summed E-state index contributed by atoms with van der Waals surface area (Å²) in [5.74, 6) is -0.897. The van der Waals surface area contributed by atoms with Gasteiger partial charge in [-0.3, -0.25) is 4.79 Å². The Morgan fingerprint density at radius 1 is 2.57 bits per heavy atom. The van der Waals surface area contributed by atoms with E-state index in [2.05, 4.69) is 4.74 Å². The van der Waals surface area contributed by atoms with Crippen molar-refractivity contribution in [3.8, 4) is 0 Å². The minimum Gasteiger partial charge on any atom is -0.462 e. The van der Waals surface area contributed by atoms with Crippen molar-refractivity contribution < 1.29 is 16.4 Å². The van der Waals surface area contributed by atoms with Crippen LogP contribution >= 0.6 is 0 Å². The van der Waals surface area contributed by atoms with E-state index in [4.69, 9.17) is 6.85 Å². The van der Waals surface area contributed by atoms with Crippen molar-refractivity contribution in [3.63, 3.8) is 0 Å². The van der Waals surface area contributed by atoms with Crippen molar-refractivity contribution >= 4 is 5.97 Å². The second kappa shape index (κ2) is 3.40. The first-order chi connectivity index (χ1) is 5.27. The predicted octanol–water partition coefficient (Wildman–Crippen LogP) is 0.736. The summed E-state index contributed by atoms with van der Waals surface area (Å²) in [5, 5.41) is 0. The molecule has 0 aromatic carbocycles. The Hall–Kier alpha value is -0.790. The van der Waals surface area contributed by atoms with E-state index in [1.54, 1.807) is 0 Å². The van der Waals surface area contributed by atoms with E-state index in [9.17, 15) is 4.79 Å². The van der Waals surface area contributed by atoms with Crippen molar-refractivity contribution in [2.45, 2.75) is 6.92 Å². The third kappa shape index (κ3) is 5.21. The Bertz CT molecular complexity index is 218. The summed E-state index contributed by atoms with van der Waals surface area (Å²) >= 11 is 0. The van der Waals surface area contributed by atoms with Gasteiger partial charge in [-0.25, -0.2) is 0 Å². The first kappa shape index (κ1) is 1.62. The normalized spacial score (nSPS) is 19.3. The molecule has 0 N–H and O–H groups in total. The number of carbonyl (C=O) groups excluding carboxylic acids is 1. The van der Waals surface area contributed by atoms with Gasteiger partial charge in [-0.05, 0) is 0 Å². The van der Waals surface area contributed by atoms with Crippen LogP contribution in [0.4, 0.5) is 0 Å². The first-order valence-corrected chi connectivity index (χ1v) is 1.61. The summed E-state index contributed by atoms with van der Waals surface area (Å²) in [4.78, 5) is 10.3. The SMILES string of the molecule is [2H]C([2H])=C([2H])C([2H])([2H])OC(C)=O. The van der Waals surface area contributed by atoms with Crippen LogP contribution in [0.1, 0.15) is 13.8 Å². The average Bonchev–Trinajstić information content (AvgIpc) is 1.82. The molecule has 0 fully saturated rings. The summed E-state index contributed by atoms with van der Waals surface area (Å²) in [6, 6.07) is -0.974. The van der Waals surface area contributed by atoms with Gasteiger partial charge in [0.15, 0.2) is 0 Å². The zero-order valence-electron chi connectivity index (χ0n) is 8.82. The monoisotopic (exact) mass is 105 g/mol. The zero-order valence-corrected chi connectivity index (χ0v) is 3.82. The molecule has 0 amide bonds. The molecule has 0 aliphatic heterocycles. The Morgan fingerprint density at radius 3 is 3.71 bits per heavy atom. The highest BCUT2D eigenvalue weighted by molar-refractivity contribution is 5.65. The van der Waals surface area contributed by atoms with Crippen molar-refractivity contribution in [2.75, 3.05) is 6.56 Å². The third-order valence-corrected chi connectivity index (χ3v) is 0.246. The molecular formula is C5H8O2. The van der Waals surface area contributed by atoms with E-state index in [1.165, 1.54) is 0 Å². The van der Waals surface area contributed by atoms with E-state index < -0.39 is 25.1 Å². The Morgan fingerprint density at radius 2 is 3.29 bits per heavy atom. The minimum absolute atomic E-state index is 0.897. The molecule has 40 valence electrons. The predicted molar refractivity (Wildman–Crippen MR) is 26.8 cm³/mol. The molecule has 0 aliphatic carbocycles. The van der Waals surface area contributed by atoms with E-state index in [1.807, 2.05) is 0 Å². The molecule has 0 unspecified atom stereocenters. The topological polar surface area (TPSA) is 26.3 Å². The van der Waals surface area contributed by atoms with Gasteiger partial charge in [-0.1, -0.05) is 12.6 Å². The molecule has 0 atom stereocenters. The van der Waals surface area contributed by atoms with Crippen LogP contribution in [0.3, 0.4) is 0 Å². The van der Waals surface area contributed by atoms with Crippen LogP contribution in [0.15, 0.2) is 12.6 Å². The summed E-state index contributed by atoms with van der Waals surface area (Å²) < 4.78 is 38.0. The molecule has 0 spiro atoms. The van der Waals surface area contributed by atoms with Crippen LogP contribution in [0.2, 0.25) is 0 Å². The van der Waals surface area contributed by atoms with Crippen molar-refractivity contribution in [2.24, 2.45) is 0 Å². The lowest BCUT2D eigenvalue weighted by Crippen LogP contribution is -1.96. The Labute approximate surface area is 49.8 Å². The molecule has 0 aromatic rings. The van der Waals surface area contributed by atoms with Crippen molar-refractivity contribution in [1.29, 1.82) is 0 Å². The second-order valence-corrected chi connectivity index (χ2v) is 0.821. The van der Waals surface area contributed by atoms with Crippen LogP contribution in [0, 0.1) is 0 Å². The van der Waals surface area contributed by atoms with Crippen LogP contribution in [-0.4, -0.2) is 12.5 Å². The van der Waals surface area contributed by atoms with Gasteiger partial charge in [-0.2, -0.15) is 0 Å². The molecule has 0 radical (unpaired) electrons. The highest BCUT2D eigenvalue weighted by atomic mass is 16.5. The molecule has 0 saturated heterocycles. The molecule has 0 bridgehead atoms. The molecular weight excluding hydrogens is 92.1 g/mol. The lowest BCUT2D eigenvalue weighted by molar-refractivity contribution is -0.139. The van der Waals surface area contributed by atoms with Gasteiger partial charge < -0.3 is 4.74 Å². The van der Waals surface area contributed by atoms with E-state index >= 15 is 0 Å². The van der Waals surface area contributed by atoms with Gasteiger partial charge in [0.05, 0.1) is 6.85 Å². The lowest BCUT2D eigenvalue weighted by Gasteiger charge is -1.90. The maximum absolute atomic E-state index is 10.3. The van der Waals surface area contributed by atoms with Crippen molar-refractivity contribution in [1.82, 2.24) is 0 Å². The van der Waals surface area contributed by atoms with E-state index in [0.717, 1.165) is 6.92 Å². The average molecular weight is 105 g/mol. The van der Waals surface area contributed by atoms with E-state index in [0.29, 0.717) is 0 Å². The molecule has 0 saturated carbocycles. The highest BCUT2D eigenvalue weighted by Gasteiger charge is 1.83. The maximum Gasteiger partial charge on any atom is 0.302 e. The van der Waals surface area contributed by atoms with Crippen LogP contribution in [-0.2, 0) is 9.53 Å². The summed E-state index contributed by atoms with van der Waals surface area (Å²) in [5.41, 5.74) is 0. The second-order valence-electron chi connectivity index (χ2n) is 0.821. The van der Waals surface area contributed by atoms with E-state index in [-0.39, 0.29) is 0 Å². The molecule has 2 nitrogen and oxygen atoms in total. The smallest absolute Gasteiger partial charge is 0.302 e. The molecule has 7 heavy (non-hydrogen) atoms. The molecule has 0 aromatic heterocycles. The largest absolute Gasteiger partial charge is 0.462 e. The quantitative estimate of drug-likeness (QED) is 0.382. The fraction of sp³-hybridized carbons (Fsp3) is 0.400. The maximum atomic E-state index is 10.3. The molecule has 2 heteroatoms. The minimum atomic E-state index is -2.68. The highest BCUT2D eigenvalue weighted by Crippen LogP contribution is 1.73. The number of esters is 1. The first-order valence-electron chi connectivity index (χ1n) is 4.11. The van der Waals surface area contributed by atoms with Gasteiger partial charge in [0.1, 0.15) is 6.56 Å². The lowest BCUT2D eigenvalue weighted by atomic mass is 10.7. The molecule has 0 heterocycles. The van der Waals surface area contributed by atoms with Gasteiger partial charge in [0.2, 0.25) is 0 Å². The van der Waals surface area contributed by atoms with Crippen LogP contribution < -0.4 is 0 Å². The number of ether oxygens (including phenoxy) is 1. The summed E-state index contributed by atoms with van der Waals surface area (Å²) in [7, 11) is 0. The third-order valence-electron chi connectivity index (χ3n) is 0.246. The summed E-state index contributed by atoms with van der Waals surface area (Å²) in [6.07, 6.45) is 0. The Kier molecular flexibility index (Phi) is 0.786. The Balaban J connectivity index is 4.62. The molecule has 0 aliphatic rings. The van der Waals surface area contributed by atoms with Gasteiger partial charge in [-0.15, -0.1) is 0 Å². The molecule has 0 rings (SSSR count).